The SMILES string of the molecule is CC.CC.O=c1cc(-c2ccccc2)oc(-c2ccccc2)c1. The number of hydrogen-bond acceptors (Lipinski definition) is 2. The van der Waals surface area contributed by atoms with Crippen LogP contribution in [0.1, 0.15) is 27.7 Å². The van der Waals surface area contributed by atoms with Crippen molar-refractivity contribution in [2.75, 3.05) is 0 Å². The molecule has 1 heterocycles. The van der Waals surface area contributed by atoms with Crippen LogP contribution in [0.15, 0.2) is 82.0 Å². The normalized spacial score (nSPS) is 9.04. The summed E-state index contributed by atoms with van der Waals surface area (Å²) in [6.45, 7) is 8.00. The molecule has 0 fully saturated rings. The Morgan fingerprint density at radius 1 is 0.609 bits per heavy atom. The molecule has 0 N–H and O–H groups in total. The van der Waals surface area contributed by atoms with Gasteiger partial charge in [0, 0.05) is 23.3 Å². The molecule has 1 aromatic heterocycles. The van der Waals surface area contributed by atoms with Crippen molar-refractivity contribution in [2.45, 2.75) is 27.7 Å². The van der Waals surface area contributed by atoms with Crippen molar-refractivity contribution in [2.24, 2.45) is 0 Å². The molecular formula is C21H24O2. The van der Waals surface area contributed by atoms with Crippen LogP contribution in [-0.4, -0.2) is 0 Å². The van der Waals surface area contributed by atoms with Crippen molar-refractivity contribution in [1.29, 1.82) is 0 Å². The molecule has 0 radical (unpaired) electrons. The first-order chi connectivity index (χ1) is 11.3. The van der Waals surface area contributed by atoms with Gasteiger partial charge in [0.05, 0.1) is 0 Å². The molecule has 120 valence electrons. The van der Waals surface area contributed by atoms with Gasteiger partial charge in [-0.3, -0.25) is 4.79 Å². The molecule has 0 saturated carbocycles. The third kappa shape index (κ3) is 5.26. The lowest BCUT2D eigenvalue weighted by atomic mass is 10.1. The van der Waals surface area contributed by atoms with Crippen LogP contribution in [0, 0.1) is 0 Å². The monoisotopic (exact) mass is 308 g/mol. The Labute approximate surface area is 138 Å². The molecule has 3 rings (SSSR count). The van der Waals surface area contributed by atoms with Gasteiger partial charge in [0.25, 0.3) is 0 Å². The van der Waals surface area contributed by atoms with E-state index < -0.39 is 0 Å². The number of rotatable bonds is 2. The van der Waals surface area contributed by atoms with Crippen LogP contribution in [0.4, 0.5) is 0 Å². The van der Waals surface area contributed by atoms with Crippen LogP contribution in [-0.2, 0) is 0 Å². The van der Waals surface area contributed by atoms with Crippen molar-refractivity contribution in [3.8, 4) is 22.6 Å². The van der Waals surface area contributed by atoms with E-state index in [1.807, 2.05) is 88.4 Å². The minimum atomic E-state index is -0.0519. The van der Waals surface area contributed by atoms with E-state index in [1.54, 1.807) is 0 Å². The Morgan fingerprint density at radius 3 is 1.30 bits per heavy atom. The van der Waals surface area contributed by atoms with Crippen molar-refractivity contribution < 1.29 is 4.42 Å². The van der Waals surface area contributed by atoms with E-state index in [1.165, 1.54) is 12.1 Å². The molecule has 0 bridgehead atoms. The van der Waals surface area contributed by atoms with Crippen LogP contribution in [0.2, 0.25) is 0 Å². The Hall–Kier alpha value is -2.61. The summed E-state index contributed by atoms with van der Waals surface area (Å²) < 4.78 is 5.83. The molecule has 0 saturated heterocycles. The predicted octanol–water partition coefficient (Wildman–Crippen LogP) is 6.03. The summed E-state index contributed by atoms with van der Waals surface area (Å²) in [6, 6.07) is 22.3. The van der Waals surface area contributed by atoms with Gasteiger partial charge in [0.2, 0.25) is 0 Å². The van der Waals surface area contributed by atoms with Gasteiger partial charge in [0.1, 0.15) is 11.5 Å². The lowest BCUT2D eigenvalue weighted by molar-refractivity contribution is 0.580. The average molecular weight is 308 g/mol. The summed E-state index contributed by atoms with van der Waals surface area (Å²) in [7, 11) is 0. The molecule has 23 heavy (non-hydrogen) atoms. The zero-order chi connectivity index (χ0) is 17.1. The van der Waals surface area contributed by atoms with Gasteiger partial charge in [-0.2, -0.15) is 0 Å². The highest BCUT2D eigenvalue weighted by molar-refractivity contribution is 5.62. The first-order valence-corrected chi connectivity index (χ1v) is 8.09. The summed E-state index contributed by atoms with van der Waals surface area (Å²) in [5.41, 5.74) is 1.75. The number of hydrogen-bond donors (Lipinski definition) is 0. The minimum Gasteiger partial charge on any atom is -0.456 e. The molecule has 2 heteroatoms. The quantitative estimate of drug-likeness (QED) is 0.579. The highest BCUT2D eigenvalue weighted by Gasteiger charge is 2.06. The van der Waals surface area contributed by atoms with E-state index in [-0.39, 0.29) is 5.43 Å². The summed E-state index contributed by atoms with van der Waals surface area (Å²) >= 11 is 0. The fourth-order valence-electron chi connectivity index (χ4n) is 1.97. The second-order valence-electron chi connectivity index (χ2n) is 4.25. The third-order valence-corrected chi connectivity index (χ3v) is 2.88. The van der Waals surface area contributed by atoms with E-state index in [4.69, 9.17) is 4.42 Å². The Morgan fingerprint density at radius 2 is 0.957 bits per heavy atom. The first kappa shape index (κ1) is 18.4. The van der Waals surface area contributed by atoms with Crippen LogP contribution < -0.4 is 5.43 Å². The second kappa shape index (κ2) is 10.2. The van der Waals surface area contributed by atoms with Gasteiger partial charge < -0.3 is 4.42 Å². The first-order valence-electron chi connectivity index (χ1n) is 8.09. The molecule has 0 spiro atoms. The largest absolute Gasteiger partial charge is 0.456 e. The smallest absolute Gasteiger partial charge is 0.186 e. The van der Waals surface area contributed by atoms with E-state index >= 15 is 0 Å². The van der Waals surface area contributed by atoms with Crippen molar-refractivity contribution >= 4 is 0 Å². The van der Waals surface area contributed by atoms with Gasteiger partial charge in [-0.1, -0.05) is 88.4 Å². The molecule has 0 unspecified atom stereocenters. The highest BCUT2D eigenvalue weighted by atomic mass is 16.3. The lowest BCUT2D eigenvalue weighted by Gasteiger charge is -2.04. The Bertz CT molecular complexity index is 668. The van der Waals surface area contributed by atoms with Gasteiger partial charge in [-0.25, -0.2) is 0 Å². The topological polar surface area (TPSA) is 30.2 Å². The summed E-state index contributed by atoms with van der Waals surface area (Å²) in [6.07, 6.45) is 0. The molecule has 3 aromatic rings. The molecule has 2 nitrogen and oxygen atoms in total. The molecule has 0 aliphatic carbocycles. The Balaban J connectivity index is 0.000000615. The molecule has 2 aromatic carbocycles. The maximum atomic E-state index is 11.8. The van der Waals surface area contributed by atoms with Crippen LogP contribution in [0.25, 0.3) is 22.6 Å². The van der Waals surface area contributed by atoms with Crippen LogP contribution in [0.5, 0.6) is 0 Å². The zero-order valence-electron chi connectivity index (χ0n) is 14.2. The van der Waals surface area contributed by atoms with Crippen LogP contribution in [0.3, 0.4) is 0 Å². The van der Waals surface area contributed by atoms with Gasteiger partial charge in [0.15, 0.2) is 5.43 Å². The predicted molar refractivity (Wildman–Crippen MR) is 98.5 cm³/mol. The van der Waals surface area contributed by atoms with Gasteiger partial charge >= 0.3 is 0 Å². The maximum absolute atomic E-state index is 11.8. The highest BCUT2D eigenvalue weighted by Crippen LogP contribution is 2.24. The fraction of sp³-hybridized carbons (Fsp3) is 0.190. The van der Waals surface area contributed by atoms with E-state index in [2.05, 4.69) is 0 Å². The number of benzene rings is 2. The van der Waals surface area contributed by atoms with Crippen molar-refractivity contribution in [3.63, 3.8) is 0 Å². The third-order valence-electron chi connectivity index (χ3n) is 2.88. The van der Waals surface area contributed by atoms with E-state index in [9.17, 15) is 4.79 Å². The lowest BCUT2D eigenvalue weighted by Crippen LogP contribution is -1.98. The standard InChI is InChI=1S/C17H12O2.2C2H6/c18-15-11-16(13-7-3-1-4-8-13)19-17(12-15)14-9-5-2-6-10-14;2*1-2/h1-12H;2*1-2H3. The van der Waals surface area contributed by atoms with E-state index in [0.29, 0.717) is 11.5 Å². The van der Waals surface area contributed by atoms with Gasteiger partial charge in [-0.05, 0) is 0 Å². The maximum Gasteiger partial charge on any atom is 0.186 e. The summed E-state index contributed by atoms with van der Waals surface area (Å²) in [5, 5.41) is 0. The van der Waals surface area contributed by atoms with Gasteiger partial charge in [-0.15, -0.1) is 0 Å². The Kier molecular flexibility index (Phi) is 8.16. The summed E-state index contributed by atoms with van der Waals surface area (Å²) in [5.74, 6) is 1.18. The van der Waals surface area contributed by atoms with Crippen LogP contribution >= 0.6 is 0 Å². The second-order valence-corrected chi connectivity index (χ2v) is 4.25. The molecular weight excluding hydrogens is 284 g/mol. The average Bonchev–Trinajstić information content (AvgIpc) is 2.66. The van der Waals surface area contributed by atoms with Crippen molar-refractivity contribution in [1.82, 2.24) is 0 Å². The summed E-state index contributed by atoms with van der Waals surface area (Å²) in [4.78, 5) is 11.8. The fourth-order valence-corrected chi connectivity index (χ4v) is 1.97. The molecule has 0 amide bonds. The molecule has 0 aliphatic rings. The molecule has 0 atom stereocenters. The zero-order valence-corrected chi connectivity index (χ0v) is 14.2. The van der Waals surface area contributed by atoms with Crippen molar-refractivity contribution in [3.05, 3.63) is 83.0 Å². The molecule has 0 aliphatic heterocycles. The minimum absolute atomic E-state index is 0.0519. The van der Waals surface area contributed by atoms with E-state index in [0.717, 1.165) is 11.1 Å².